The maximum atomic E-state index is 11.4. The van der Waals surface area contributed by atoms with Gasteiger partial charge in [-0.2, -0.15) is 0 Å². The molecule has 1 aromatic heterocycles. The van der Waals surface area contributed by atoms with Crippen LogP contribution in [0.2, 0.25) is 5.02 Å². The van der Waals surface area contributed by atoms with Crippen LogP contribution in [0.25, 0.3) is 0 Å². The van der Waals surface area contributed by atoms with E-state index in [1.165, 1.54) is 37.4 Å². The first kappa shape index (κ1) is 13.6. The molecule has 0 N–H and O–H groups in total. The minimum Gasteiger partial charge on any atom is -0.360 e. The summed E-state index contributed by atoms with van der Waals surface area (Å²) in [6, 6.07) is 6.47. The van der Waals surface area contributed by atoms with Crippen LogP contribution >= 0.6 is 32.3 Å². The fourth-order valence-corrected chi connectivity index (χ4v) is 4.72. The summed E-state index contributed by atoms with van der Waals surface area (Å²) >= 11 is 6.00. The summed E-state index contributed by atoms with van der Waals surface area (Å²) in [5, 5.41) is 1.20. The fourth-order valence-electron chi connectivity index (χ4n) is 1.97. The molecule has 1 heterocycles. The molecule has 2 rings (SSSR count). The van der Waals surface area contributed by atoms with Crippen LogP contribution in [-0.2, 0) is 6.54 Å². The van der Waals surface area contributed by atoms with E-state index in [0.29, 0.717) is 5.02 Å². The quantitative estimate of drug-likeness (QED) is 0.796. The lowest BCUT2D eigenvalue weighted by molar-refractivity contribution is 0.931. The van der Waals surface area contributed by atoms with Gasteiger partial charge in [0.25, 0.3) is 4.74 Å². The predicted molar refractivity (Wildman–Crippen MR) is 81.5 cm³/mol. The molecule has 2 aromatic rings. The molecule has 0 aliphatic carbocycles. The zero-order valence-electron chi connectivity index (χ0n) is 10.5. The molecule has 0 fully saturated rings. The van der Waals surface area contributed by atoms with Crippen molar-refractivity contribution in [2.75, 3.05) is 11.9 Å². The molecule has 2 nitrogen and oxygen atoms in total. The molecule has 18 heavy (non-hydrogen) atoms. The van der Waals surface area contributed by atoms with E-state index in [1.807, 2.05) is 11.9 Å². The van der Waals surface area contributed by atoms with Crippen molar-refractivity contribution in [2.45, 2.75) is 20.4 Å². The highest BCUT2D eigenvalue weighted by Gasteiger charge is 2.13. The maximum absolute atomic E-state index is 11.4. The Morgan fingerprint density at radius 3 is 2.28 bits per heavy atom. The minimum absolute atomic E-state index is 0.0519. The lowest BCUT2D eigenvalue weighted by Gasteiger charge is -2.17. The van der Waals surface area contributed by atoms with Gasteiger partial charge in [-0.15, -0.1) is 0 Å². The molecule has 0 radical (unpaired) electrons. The zero-order chi connectivity index (χ0) is 13.3. The van der Waals surface area contributed by atoms with Crippen LogP contribution in [0, 0.1) is 13.8 Å². The fraction of sp³-hybridized carbons (Fsp3) is 0.308. The van der Waals surface area contributed by atoms with E-state index in [0.717, 1.165) is 11.5 Å². The lowest BCUT2D eigenvalue weighted by atomic mass is 10.1. The highest BCUT2D eigenvalue weighted by atomic mass is 35.5. The number of halogens is 1. The molecule has 0 bridgehead atoms. The number of benzene rings is 1. The van der Waals surface area contributed by atoms with Crippen LogP contribution in [0.1, 0.15) is 16.7 Å². The van der Waals surface area contributed by atoms with Gasteiger partial charge in [0.05, 0.1) is 0 Å². The number of hydrogen-bond donors (Lipinski definition) is 0. The van der Waals surface area contributed by atoms with Gasteiger partial charge in [-0.3, -0.25) is 4.79 Å². The second kappa shape index (κ2) is 5.43. The van der Waals surface area contributed by atoms with Gasteiger partial charge in [-0.05, 0) is 29.8 Å². The van der Waals surface area contributed by atoms with Crippen molar-refractivity contribution >= 4 is 37.3 Å². The third-order valence-electron chi connectivity index (χ3n) is 2.61. The standard InChI is InChI=1S/C13H14ClNOS2/c1-8-4-9(2)6-10(5-8)7-15(3)12-11(14)13(16)18-17-12/h4-6H,7H2,1-3H3. The number of nitrogens with zero attached hydrogens (tertiary/aromatic N) is 1. The Hall–Kier alpha value is -0.840. The number of rotatable bonds is 3. The van der Waals surface area contributed by atoms with E-state index in [4.69, 9.17) is 11.6 Å². The Labute approximate surface area is 119 Å². The third kappa shape index (κ3) is 2.94. The van der Waals surface area contributed by atoms with E-state index < -0.39 is 0 Å². The van der Waals surface area contributed by atoms with Gasteiger partial charge in [-0.1, -0.05) is 51.3 Å². The largest absolute Gasteiger partial charge is 0.360 e. The summed E-state index contributed by atoms with van der Waals surface area (Å²) < 4.78 is -0.0519. The molecule has 0 saturated carbocycles. The average Bonchev–Trinajstić information content (AvgIpc) is 2.58. The Bertz CT molecular complexity index is 597. The molecule has 0 amide bonds. The van der Waals surface area contributed by atoms with E-state index in [-0.39, 0.29) is 4.74 Å². The van der Waals surface area contributed by atoms with Crippen LogP contribution in [-0.4, -0.2) is 7.05 Å². The maximum Gasteiger partial charge on any atom is 0.263 e. The topological polar surface area (TPSA) is 20.3 Å². The van der Waals surface area contributed by atoms with Gasteiger partial charge in [0.1, 0.15) is 10.0 Å². The smallest absolute Gasteiger partial charge is 0.263 e. The summed E-state index contributed by atoms with van der Waals surface area (Å²) in [5.74, 6) is 0. The summed E-state index contributed by atoms with van der Waals surface area (Å²) in [7, 11) is 4.58. The molecular formula is C13H14ClNOS2. The Morgan fingerprint density at radius 1 is 1.17 bits per heavy atom. The SMILES string of the molecule is Cc1cc(C)cc(CN(C)c2ssc(=O)c2Cl)c1. The normalized spacial score (nSPS) is 10.7. The van der Waals surface area contributed by atoms with Crippen LogP contribution in [0.3, 0.4) is 0 Å². The van der Waals surface area contributed by atoms with Crippen molar-refractivity contribution in [1.82, 2.24) is 0 Å². The van der Waals surface area contributed by atoms with Crippen molar-refractivity contribution in [1.29, 1.82) is 0 Å². The van der Waals surface area contributed by atoms with Crippen molar-refractivity contribution in [3.63, 3.8) is 0 Å². The van der Waals surface area contributed by atoms with Gasteiger partial charge in [0.15, 0.2) is 0 Å². The molecule has 0 aliphatic heterocycles. The monoisotopic (exact) mass is 299 g/mol. The third-order valence-corrected chi connectivity index (χ3v) is 5.48. The van der Waals surface area contributed by atoms with Gasteiger partial charge >= 0.3 is 0 Å². The second-order valence-corrected chi connectivity index (χ2v) is 6.89. The van der Waals surface area contributed by atoms with E-state index in [9.17, 15) is 4.79 Å². The Balaban J connectivity index is 2.23. The molecule has 0 unspecified atom stereocenters. The minimum atomic E-state index is -0.0519. The highest BCUT2D eigenvalue weighted by molar-refractivity contribution is 7.70. The summed E-state index contributed by atoms with van der Waals surface area (Å²) in [4.78, 5) is 13.4. The molecule has 0 atom stereocenters. The number of aryl methyl sites for hydroxylation is 2. The average molecular weight is 300 g/mol. The summed E-state index contributed by atoms with van der Waals surface area (Å²) in [5.41, 5.74) is 3.74. The van der Waals surface area contributed by atoms with Crippen molar-refractivity contribution in [2.24, 2.45) is 0 Å². The van der Waals surface area contributed by atoms with Gasteiger partial charge in [0.2, 0.25) is 0 Å². The molecule has 0 aliphatic rings. The predicted octanol–water partition coefficient (Wildman–Crippen LogP) is 4.08. The van der Waals surface area contributed by atoms with E-state index in [2.05, 4.69) is 32.0 Å². The van der Waals surface area contributed by atoms with Gasteiger partial charge < -0.3 is 4.90 Å². The van der Waals surface area contributed by atoms with E-state index in [1.54, 1.807) is 0 Å². The van der Waals surface area contributed by atoms with Crippen molar-refractivity contribution in [3.05, 3.63) is 49.4 Å². The highest BCUT2D eigenvalue weighted by Crippen LogP contribution is 2.31. The van der Waals surface area contributed by atoms with Crippen LogP contribution in [0.15, 0.2) is 23.0 Å². The Morgan fingerprint density at radius 2 is 1.78 bits per heavy atom. The first-order valence-corrected chi connectivity index (χ1v) is 8.07. The van der Waals surface area contributed by atoms with Crippen LogP contribution in [0.5, 0.6) is 0 Å². The molecule has 0 spiro atoms. The van der Waals surface area contributed by atoms with Crippen LogP contribution < -0.4 is 9.64 Å². The first-order chi connectivity index (χ1) is 8.47. The molecule has 96 valence electrons. The zero-order valence-corrected chi connectivity index (χ0v) is 12.9. The van der Waals surface area contributed by atoms with Crippen molar-refractivity contribution in [3.8, 4) is 0 Å². The number of anilines is 1. The molecule has 5 heteroatoms. The second-order valence-electron chi connectivity index (χ2n) is 4.43. The molecular weight excluding hydrogens is 286 g/mol. The molecule has 1 aromatic carbocycles. The van der Waals surface area contributed by atoms with Crippen molar-refractivity contribution < 1.29 is 0 Å². The van der Waals surface area contributed by atoms with E-state index >= 15 is 0 Å². The van der Waals surface area contributed by atoms with Crippen LogP contribution in [0.4, 0.5) is 5.00 Å². The molecule has 0 saturated heterocycles. The summed E-state index contributed by atoms with van der Waals surface area (Å²) in [6.07, 6.45) is 0. The Kier molecular flexibility index (Phi) is 4.10. The van der Waals surface area contributed by atoms with Gasteiger partial charge in [0, 0.05) is 13.6 Å². The lowest BCUT2D eigenvalue weighted by Crippen LogP contribution is -2.16. The first-order valence-electron chi connectivity index (χ1n) is 5.54. The number of hydrogen-bond acceptors (Lipinski definition) is 4. The summed E-state index contributed by atoms with van der Waals surface area (Å²) in [6.45, 7) is 4.94. The van der Waals surface area contributed by atoms with Gasteiger partial charge in [-0.25, -0.2) is 0 Å².